The van der Waals surface area contributed by atoms with Crippen molar-refractivity contribution in [2.45, 2.75) is 59.9 Å². The fourth-order valence-electron chi connectivity index (χ4n) is 3.42. The Labute approximate surface area is 132 Å². The number of hydrogen-bond donors (Lipinski definition) is 0. The summed E-state index contributed by atoms with van der Waals surface area (Å²) in [6.07, 6.45) is 4.57. The van der Waals surface area contributed by atoms with Crippen molar-refractivity contribution in [3.05, 3.63) is 11.5 Å². The van der Waals surface area contributed by atoms with Crippen molar-refractivity contribution in [2.75, 3.05) is 18.0 Å². The van der Waals surface area contributed by atoms with E-state index in [0.717, 1.165) is 66.8 Å². The van der Waals surface area contributed by atoms with Crippen molar-refractivity contribution in [3.8, 4) is 0 Å². The number of nitrogens with zero attached hydrogens (tertiary/aromatic N) is 5. The van der Waals surface area contributed by atoms with Crippen LogP contribution < -0.4 is 4.90 Å². The van der Waals surface area contributed by atoms with Gasteiger partial charge in [0.25, 0.3) is 0 Å². The Morgan fingerprint density at radius 3 is 2.73 bits per heavy atom. The van der Waals surface area contributed by atoms with Gasteiger partial charge in [-0.1, -0.05) is 13.8 Å². The van der Waals surface area contributed by atoms with Crippen molar-refractivity contribution >= 4 is 16.9 Å². The van der Waals surface area contributed by atoms with E-state index >= 15 is 0 Å². The summed E-state index contributed by atoms with van der Waals surface area (Å²) < 4.78 is 2.06. The van der Waals surface area contributed by atoms with E-state index in [2.05, 4.69) is 42.4 Å². The number of aryl methyl sites for hydroxylation is 3. The van der Waals surface area contributed by atoms with Crippen LogP contribution in [0.2, 0.25) is 0 Å². The van der Waals surface area contributed by atoms with Crippen molar-refractivity contribution in [2.24, 2.45) is 5.92 Å². The first-order chi connectivity index (χ1) is 10.6. The summed E-state index contributed by atoms with van der Waals surface area (Å²) in [6.45, 7) is 11.7. The Bertz CT molecular complexity index is 661. The number of anilines is 1. The fraction of sp³-hybridized carbons (Fsp3) is 0.706. The van der Waals surface area contributed by atoms with Crippen molar-refractivity contribution < 1.29 is 0 Å². The van der Waals surface area contributed by atoms with Gasteiger partial charge in [0.1, 0.15) is 16.9 Å². The lowest BCUT2D eigenvalue weighted by atomic mass is 10.0. The largest absolute Gasteiger partial charge is 0.354 e. The van der Waals surface area contributed by atoms with Crippen LogP contribution in [0.25, 0.3) is 11.0 Å². The van der Waals surface area contributed by atoms with Gasteiger partial charge in [-0.25, -0.2) is 9.97 Å². The second-order valence-corrected chi connectivity index (χ2v) is 6.51. The molecular weight excluding hydrogens is 274 g/mol. The zero-order valence-corrected chi connectivity index (χ0v) is 14.3. The van der Waals surface area contributed by atoms with E-state index in [0.29, 0.717) is 0 Å². The maximum atomic E-state index is 4.92. The Morgan fingerprint density at radius 1 is 1.23 bits per heavy atom. The molecule has 2 aromatic rings. The van der Waals surface area contributed by atoms with Crippen LogP contribution in [0.3, 0.4) is 0 Å². The van der Waals surface area contributed by atoms with E-state index in [1.807, 2.05) is 0 Å². The molecular formula is C17H27N5. The van der Waals surface area contributed by atoms with E-state index in [1.165, 1.54) is 12.8 Å². The second kappa shape index (κ2) is 6.23. The van der Waals surface area contributed by atoms with Crippen LogP contribution >= 0.6 is 0 Å². The van der Waals surface area contributed by atoms with E-state index in [-0.39, 0.29) is 0 Å². The van der Waals surface area contributed by atoms with Gasteiger partial charge in [-0.3, -0.25) is 4.68 Å². The molecule has 0 N–H and O–H groups in total. The van der Waals surface area contributed by atoms with E-state index in [1.54, 1.807) is 0 Å². The molecule has 120 valence electrons. The Hall–Kier alpha value is -1.65. The maximum absolute atomic E-state index is 4.92. The molecule has 3 rings (SSSR count). The molecule has 0 radical (unpaired) electrons. The van der Waals surface area contributed by atoms with Gasteiger partial charge in [-0.15, -0.1) is 0 Å². The molecule has 1 aliphatic heterocycles. The summed E-state index contributed by atoms with van der Waals surface area (Å²) in [5.41, 5.74) is 3.17. The molecule has 1 atom stereocenters. The highest BCUT2D eigenvalue weighted by Crippen LogP contribution is 2.29. The Morgan fingerprint density at radius 2 is 2.05 bits per heavy atom. The average Bonchev–Trinajstić information content (AvgIpc) is 2.83. The van der Waals surface area contributed by atoms with Gasteiger partial charge in [0.2, 0.25) is 0 Å². The maximum Gasteiger partial charge on any atom is 0.158 e. The molecule has 22 heavy (non-hydrogen) atoms. The summed E-state index contributed by atoms with van der Waals surface area (Å²) in [5.74, 6) is 2.79. The second-order valence-electron chi connectivity index (χ2n) is 6.51. The van der Waals surface area contributed by atoms with Gasteiger partial charge < -0.3 is 4.90 Å². The number of rotatable bonds is 4. The minimum absolute atomic E-state index is 0.729. The van der Waals surface area contributed by atoms with Gasteiger partial charge in [0, 0.05) is 26.1 Å². The quantitative estimate of drug-likeness (QED) is 0.869. The highest BCUT2D eigenvalue weighted by Gasteiger charge is 2.23. The number of hydrogen-bond acceptors (Lipinski definition) is 4. The molecule has 0 bridgehead atoms. The molecule has 0 aliphatic carbocycles. The molecule has 0 spiro atoms. The molecule has 0 unspecified atom stereocenters. The fourth-order valence-corrected chi connectivity index (χ4v) is 3.42. The third-order valence-corrected chi connectivity index (χ3v) is 4.51. The predicted octanol–water partition coefficient (Wildman–Crippen LogP) is 3.34. The van der Waals surface area contributed by atoms with Crippen molar-refractivity contribution in [1.82, 2.24) is 19.7 Å². The Balaban J connectivity index is 2.16. The summed E-state index contributed by atoms with van der Waals surface area (Å²) in [4.78, 5) is 12.2. The van der Waals surface area contributed by atoms with Gasteiger partial charge in [0.15, 0.2) is 5.82 Å². The molecule has 1 fully saturated rings. The highest BCUT2D eigenvalue weighted by atomic mass is 15.3. The summed E-state index contributed by atoms with van der Waals surface area (Å²) >= 11 is 0. The molecule has 2 aromatic heterocycles. The number of piperidine rings is 1. The number of aromatic nitrogens is 4. The smallest absolute Gasteiger partial charge is 0.158 e. The molecule has 5 nitrogen and oxygen atoms in total. The molecule has 0 amide bonds. The lowest BCUT2D eigenvalue weighted by Crippen LogP contribution is -2.35. The first-order valence-corrected chi connectivity index (χ1v) is 8.63. The van der Waals surface area contributed by atoms with Crippen LogP contribution in [-0.4, -0.2) is 32.8 Å². The molecule has 0 saturated carbocycles. The predicted molar refractivity (Wildman–Crippen MR) is 90.3 cm³/mol. The van der Waals surface area contributed by atoms with Crippen LogP contribution in [0.4, 0.5) is 5.82 Å². The van der Waals surface area contributed by atoms with Crippen molar-refractivity contribution in [1.29, 1.82) is 0 Å². The minimum atomic E-state index is 0.729. The Kier molecular flexibility index (Phi) is 4.32. The SMILES string of the molecule is CCCc1nc(N2CCC[C@@H](C)C2)c2c(n1)c(C)nn2CC. The van der Waals surface area contributed by atoms with Gasteiger partial charge in [-0.2, -0.15) is 5.10 Å². The molecule has 0 aromatic carbocycles. The first kappa shape index (κ1) is 15.3. The van der Waals surface area contributed by atoms with Crippen LogP contribution in [0, 0.1) is 12.8 Å². The monoisotopic (exact) mass is 301 g/mol. The standard InChI is InChI=1S/C17H27N5/c1-5-8-14-18-15-13(4)20-22(6-2)16(15)17(19-14)21-10-7-9-12(3)11-21/h12H,5-11H2,1-4H3/t12-/m1/s1. The van der Waals surface area contributed by atoms with E-state index in [4.69, 9.17) is 9.97 Å². The topological polar surface area (TPSA) is 46.8 Å². The third-order valence-electron chi connectivity index (χ3n) is 4.51. The van der Waals surface area contributed by atoms with Crippen LogP contribution in [0.5, 0.6) is 0 Å². The molecule has 5 heteroatoms. The van der Waals surface area contributed by atoms with E-state index < -0.39 is 0 Å². The third kappa shape index (κ3) is 2.69. The van der Waals surface area contributed by atoms with Crippen LogP contribution in [-0.2, 0) is 13.0 Å². The normalized spacial score (nSPS) is 19.1. The highest BCUT2D eigenvalue weighted by molar-refractivity contribution is 5.88. The molecule has 3 heterocycles. The lowest BCUT2D eigenvalue weighted by molar-refractivity contribution is 0.444. The van der Waals surface area contributed by atoms with Crippen molar-refractivity contribution in [3.63, 3.8) is 0 Å². The summed E-state index contributed by atoms with van der Waals surface area (Å²) in [6, 6.07) is 0. The zero-order chi connectivity index (χ0) is 15.7. The molecule has 1 aliphatic rings. The first-order valence-electron chi connectivity index (χ1n) is 8.63. The van der Waals surface area contributed by atoms with Gasteiger partial charge >= 0.3 is 0 Å². The zero-order valence-electron chi connectivity index (χ0n) is 14.3. The van der Waals surface area contributed by atoms with Crippen LogP contribution in [0.1, 0.15) is 51.6 Å². The summed E-state index contributed by atoms with van der Waals surface area (Å²) in [7, 11) is 0. The molecule has 1 saturated heterocycles. The van der Waals surface area contributed by atoms with Gasteiger partial charge in [0.05, 0.1) is 5.69 Å². The van der Waals surface area contributed by atoms with Crippen LogP contribution in [0.15, 0.2) is 0 Å². The van der Waals surface area contributed by atoms with E-state index in [9.17, 15) is 0 Å². The van der Waals surface area contributed by atoms with Gasteiger partial charge in [-0.05, 0) is 39.0 Å². The minimum Gasteiger partial charge on any atom is -0.354 e. The number of fused-ring (bicyclic) bond motifs is 1. The average molecular weight is 301 g/mol. The summed E-state index contributed by atoms with van der Waals surface area (Å²) in [5, 5.41) is 4.67. The lowest BCUT2D eigenvalue weighted by Gasteiger charge is -2.32.